The molecule has 0 saturated heterocycles. The van der Waals surface area contributed by atoms with Crippen molar-refractivity contribution in [2.75, 3.05) is 0 Å². The quantitative estimate of drug-likeness (QED) is 0.198. The monoisotopic (exact) mass is 706 g/mol. The third-order valence-electron chi connectivity index (χ3n) is 11.0. The molecule has 6 heteroatoms. The van der Waals surface area contributed by atoms with Crippen LogP contribution in [-0.2, 0) is 0 Å². The Labute approximate surface area is 314 Å². The number of furan rings is 2. The third-order valence-corrected chi connectivity index (χ3v) is 11.0. The number of fused-ring (bicyclic) bond motifs is 10. The topological polar surface area (TPSA) is 68.0 Å². The highest BCUT2D eigenvalue weighted by Gasteiger charge is 2.26. The van der Waals surface area contributed by atoms with Crippen molar-refractivity contribution >= 4 is 88.1 Å². The van der Waals surface area contributed by atoms with Crippen molar-refractivity contribution in [3.63, 3.8) is 0 Å². The number of nitrogens with one attached hydrogen (secondary N) is 1. The molecule has 0 saturated carbocycles. The minimum Gasteiger partial charge on any atom is -0.456 e. The fraction of sp³-hybridized carbons (Fsp3) is 0.0204. The summed E-state index contributed by atoms with van der Waals surface area (Å²) in [5.41, 5.74) is 9.29. The third kappa shape index (κ3) is 4.61. The van der Waals surface area contributed by atoms with E-state index in [4.69, 9.17) is 18.8 Å². The van der Waals surface area contributed by atoms with Gasteiger partial charge >= 0.3 is 0 Å². The minimum atomic E-state index is -0.391. The molecule has 8 aromatic carbocycles. The molecule has 6 nitrogen and oxygen atoms in total. The molecule has 1 aliphatic rings. The average Bonchev–Trinajstić information content (AvgIpc) is 3.91. The normalized spacial score (nSPS) is 14.7. The minimum absolute atomic E-state index is 0.391. The van der Waals surface area contributed by atoms with Crippen LogP contribution in [0.3, 0.4) is 0 Å². The number of amidine groups is 2. The summed E-state index contributed by atoms with van der Waals surface area (Å²) in [5.74, 6) is 1.30. The number of aromatic nitrogens is 1. The summed E-state index contributed by atoms with van der Waals surface area (Å²) in [5, 5.41) is 12.8. The van der Waals surface area contributed by atoms with E-state index in [1.165, 1.54) is 21.5 Å². The van der Waals surface area contributed by atoms with Crippen LogP contribution in [0.4, 0.5) is 0 Å². The van der Waals surface area contributed by atoms with Crippen molar-refractivity contribution in [3.05, 3.63) is 187 Å². The van der Waals surface area contributed by atoms with Crippen molar-refractivity contribution in [1.82, 2.24) is 9.88 Å². The predicted octanol–water partition coefficient (Wildman–Crippen LogP) is 12.2. The highest BCUT2D eigenvalue weighted by Crippen LogP contribution is 2.39. The second-order valence-corrected chi connectivity index (χ2v) is 14.2. The molecule has 0 aliphatic carbocycles. The van der Waals surface area contributed by atoms with Crippen molar-refractivity contribution in [1.29, 1.82) is 0 Å². The molecule has 0 amide bonds. The van der Waals surface area contributed by atoms with Gasteiger partial charge in [-0.1, -0.05) is 115 Å². The first-order chi connectivity index (χ1) is 27.2. The van der Waals surface area contributed by atoms with Gasteiger partial charge in [0.2, 0.25) is 0 Å². The Morgan fingerprint density at radius 1 is 0.491 bits per heavy atom. The fourth-order valence-corrected chi connectivity index (χ4v) is 8.44. The first-order valence-electron chi connectivity index (χ1n) is 18.5. The fourth-order valence-electron chi connectivity index (χ4n) is 8.44. The summed E-state index contributed by atoms with van der Waals surface area (Å²) in [4.78, 5) is 10.5. The number of hydrogen-bond donors (Lipinski definition) is 1. The highest BCUT2D eigenvalue weighted by atomic mass is 16.3. The molecule has 0 radical (unpaired) electrons. The Bertz CT molecular complexity index is 3420. The van der Waals surface area contributed by atoms with Crippen LogP contribution in [-0.4, -0.2) is 16.2 Å². The van der Waals surface area contributed by atoms with E-state index in [1.807, 2.05) is 48.5 Å². The first kappa shape index (κ1) is 30.1. The van der Waals surface area contributed by atoms with Gasteiger partial charge in [-0.2, -0.15) is 0 Å². The van der Waals surface area contributed by atoms with Crippen molar-refractivity contribution < 1.29 is 8.83 Å². The number of benzene rings is 8. The van der Waals surface area contributed by atoms with Gasteiger partial charge in [0.15, 0.2) is 5.84 Å². The van der Waals surface area contributed by atoms with Gasteiger partial charge in [-0.3, -0.25) is 0 Å². The lowest BCUT2D eigenvalue weighted by Crippen LogP contribution is -2.33. The molecule has 0 spiro atoms. The molecule has 1 unspecified atom stereocenters. The Balaban J connectivity index is 1.12. The molecular weight excluding hydrogens is 677 g/mol. The highest BCUT2D eigenvalue weighted by molar-refractivity contribution is 6.21. The molecule has 0 bridgehead atoms. The second kappa shape index (κ2) is 11.5. The lowest BCUT2D eigenvalue weighted by atomic mass is 10.0. The summed E-state index contributed by atoms with van der Waals surface area (Å²) < 4.78 is 15.4. The number of nitrogens with zero attached hydrogens (tertiary/aromatic N) is 3. The van der Waals surface area contributed by atoms with Crippen molar-refractivity contribution in [2.45, 2.75) is 6.17 Å². The number of rotatable bonds is 4. The molecule has 1 aliphatic heterocycles. The summed E-state index contributed by atoms with van der Waals surface area (Å²) in [7, 11) is 0. The van der Waals surface area contributed by atoms with Crippen molar-refractivity contribution in [2.24, 2.45) is 9.98 Å². The van der Waals surface area contributed by atoms with E-state index in [0.29, 0.717) is 11.7 Å². The lowest BCUT2D eigenvalue weighted by molar-refractivity contribution is 0.659. The lowest BCUT2D eigenvalue weighted by Gasteiger charge is -2.24. The zero-order chi connectivity index (χ0) is 36.0. The molecule has 3 aromatic heterocycles. The van der Waals surface area contributed by atoms with Gasteiger partial charge in [-0.05, 0) is 70.9 Å². The standard InChI is InChI=1S/C49H30N4O2/c1-2-12-29(13-3-1)47-50-48(32-22-23-37-35-17-7-10-20-43(35)54-45(37)26-32)52-49(51-47)40-28-33(27-39-36-18-8-11-21-44(36)55-46(39)40)53-41-19-9-6-16-34(41)38-24-30-14-4-5-15-31(30)25-42(38)53/h1-28,47H,(H,50,51,52). The SMILES string of the molecule is c1ccc(C2N=C(c3ccc4c(c3)oc3ccccc34)N=C(c3cc(-n4c5ccccc5c5cc6ccccc6cc54)cc4c3oc3ccccc34)N2)cc1. The van der Waals surface area contributed by atoms with Gasteiger partial charge < -0.3 is 18.7 Å². The molecule has 11 aromatic rings. The van der Waals surface area contributed by atoms with E-state index in [1.54, 1.807) is 0 Å². The van der Waals surface area contributed by atoms with Crippen LogP contribution in [0, 0.1) is 0 Å². The van der Waals surface area contributed by atoms with Gasteiger partial charge in [0.1, 0.15) is 34.3 Å². The molecule has 55 heavy (non-hydrogen) atoms. The Kier molecular flexibility index (Phi) is 6.30. The average molecular weight is 707 g/mol. The summed E-state index contributed by atoms with van der Waals surface area (Å²) in [6.45, 7) is 0. The van der Waals surface area contributed by atoms with Gasteiger partial charge in [0.05, 0.1) is 16.6 Å². The Hall–Kier alpha value is -7.44. The molecule has 4 heterocycles. The molecular formula is C49H30N4O2. The number of hydrogen-bond acceptors (Lipinski definition) is 5. The maximum atomic E-state index is 6.73. The molecule has 1 atom stereocenters. The van der Waals surface area contributed by atoms with E-state index < -0.39 is 6.17 Å². The summed E-state index contributed by atoms with van der Waals surface area (Å²) in [6.07, 6.45) is -0.391. The number of aliphatic imine (C=N–C) groups is 2. The van der Waals surface area contributed by atoms with Gasteiger partial charge in [-0.15, -0.1) is 0 Å². The number of para-hydroxylation sites is 3. The van der Waals surface area contributed by atoms with Crippen LogP contribution in [0.25, 0.3) is 82.1 Å². The van der Waals surface area contributed by atoms with Crippen LogP contribution in [0.2, 0.25) is 0 Å². The molecule has 0 fully saturated rings. The summed E-state index contributed by atoms with van der Waals surface area (Å²) >= 11 is 0. The van der Waals surface area contributed by atoms with Crippen LogP contribution >= 0.6 is 0 Å². The van der Waals surface area contributed by atoms with Crippen LogP contribution in [0.1, 0.15) is 22.9 Å². The maximum Gasteiger partial charge on any atom is 0.159 e. The van der Waals surface area contributed by atoms with E-state index in [-0.39, 0.29) is 0 Å². The maximum absolute atomic E-state index is 6.73. The van der Waals surface area contributed by atoms with Crippen LogP contribution in [0.15, 0.2) is 189 Å². The van der Waals surface area contributed by atoms with Crippen LogP contribution < -0.4 is 5.32 Å². The van der Waals surface area contributed by atoms with E-state index in [0.717, 1.165) is 77.3 Å². The molecule has 12 rings (SSSR count). The van der Waals surface area contributed by atoms with E-state index >= 15 is 0 Å². The van der Waals surface area contributed by atoms with Crippen molar-refractivity contribution in [3.8, 4) is 5.69 Å². The molecule has 1 N–H and O–H groups in total. The Morgan fingerprint density at radius 3 is 2.00 bits per heavy atom. The van der Waals surface area contributed by atoms with E-state index in [9.17, 15) is 0 Å². The zero-order valence-corrected chi connectivity index (χ0v) is 29.4. The first-order valence-corrected chi connectivity index (χ1v) is 18.5. The van der Waals surface area contributed by atoms with Gasteiger partial charge in [0, 0.05) is 43.6 Å². The summed E-state index contributed by atoms with van der Waals surface area (Å²) in [6, 6.07) is 59.3. The smallest absolute Gasteiger partial charge is 0.159 e. The second-order valence-electron chi connectivity index (χ2n) is 14.2. The Morgan fingerprint density at radius 2 is 1.16 bits per heavy atom. The van der Waals surface area contributed by atoms with E-state index in [2.05, 4.69) is 131 Å². The molecule has 258 valence electrons. The van der Waals surface area contributed by atoms with Gasteiger partial charge in [0.25, 0.3) is 0 Å². The predicted molar refractivity (Wildman–Crippen MR) is 225 cm³/mol. The van der Waals surface area contributed by atoms with Gasteiger partial charge in [-0.25, -0.2) is 9.98 Å². The largest absolute Gasteiger partial charge is 0.456 e. The zero-order valence-electron chi connectivity index (χ0n) is 29.4. The van der Waals surface area contributed by atoms with Crippen LogP contribution in [0.5, 0.6) is 0 Å².